The first kappa shape index (κ1) is 18.0. The van der Waals surface area contributed by atoms with Gasteiger partial charge in [0.1, 0.15) is 0 Å². The average molecular weight is 380 g/mol. The molecule has 1 saturated carbocycles. The first-order valence-corrected chi connectivity index (χ1v) is 10.6. The zero-order valence-electron chi connectivity index (χ0n) is 14.0. The van der Waals surface area contributed by atoms with Crippen molar-refractivity contribution in [1.82, 2.24) is 15.0 Å². The van der Waals surface area contributed by atoms with Gasteiger partial charge >= 0.3 is 0 Å². The monoisotopic (exact) mass is 379 g/mol. The molecular weight excluding hydrogens is 358 g/mol. The molecule has 1 aromatic carbocycles. The molecule has 1 aliphatic carbocycles. The van der Waals surface area contributed by atoms with Crippen LogP contribution in [0.1, 0.15) is 35.5 Å². The summed E-state index contributed by atoms with van der Waals surface area (Å²) in [5.41, 5.74) is 1.80. The molecule has 0 saturated heterocycles. The number of carbonyl (C=O) groups is 1. The number of sulfonamides is 1. The lowest BCUT2D eigenvalue weighted by Crippen LogP contribution is -2.25. The van der Waals surface area contributed by atoms with Crippen LogP contribution < -0.4 is 10.0 Å². The van der Waals surface area contributed by atoms with Gasteiger partial charge in [0.05, 0.1) is 22.1 Å². The lowest BCUT2D eigenvalue weighted by Gasteiger charge is -2.07. The van der Waals surface area contributed by atoms with E-state index in [1.54, 1.807) is 35.6 Å². The van der Waals surface area contributed by atoms with E-state index in [1.165, 1.54) is 0 Å². The summed E-state index contributed by atoms with van der Waals surface area (Å²) in [7, 11) is -3.42. The highest BCUT2D eigenvalue weighted by Gasteiger charge is 2.27. The Bertz CT molecular complexity index is 840. The fourth-order valence-corrected chi connectivity index (χ4v) is 4.27. The number of carbonyl (C=O) groups excluding carboxylic acids is 1. The largest absolute Gasteiger partial charge is 0.350 e. The number of benzene rings is 1. The molecule has 1 heterocycles. The van der Waals surface area contributed by atoms with Crippen LogP contribution in [0.2, 0.25) is 0 Å². The van der Waals surface area contributed by atoms with Crippen molar-refractivity contribution in [1.29, 1.82) is 0 Å². The Hall–Kier alpha value is -1.77. The molecule has 3 rings (SSSR count). The van der Waals surface area contributed by atoms with E-state index in [1.807, 2.05) is 12.3 Å². The molecule has 134 valence electrons. The Labute approximate surface area is 151 Å². The van der Waals surface area contributed by atoms with Crippen molar-refractivity contribution < 1.29 is 13.2 Å². The van der Waals surface area contributed by atoms with Gasteiger partial charge in [0.15, 0.2) is 0 Å². The summed E-state index contributed by atoms with van der Waals surface area (Å²) >= 11 is 1.56. The van der Waals surface area contributed by atoms with Crippen molar-refractivity contribution in [3.05, 3.63) is 45.9 Å². The van der Waals surface area contributed by atoms with Gasteiger partial charge in [-0.3, -0.25) is 4.79 Å². The SMILES string of the molecule is Cc1nc(CNC(=O)CCc2ccc(S(=O)(=O)NC3CC3)cc2)cs1. The maximum Gasteiger partial charge on any atom is 0.240 e. The number of nitrogens with one attached hydrogen (secondary N) is 2. The fraction of sp³-hybridized carbons (Fsp3) is 0.412. The van der Waals surface area contributed by atoms with Crippen LogP contribution in [0.4, 0.5) is 0 Å². The predicted molar refractivity (Wildman–Crippen MR) is 96.8 cm³/mol. The number of hydrogen-bond acceptors (Lipinski definition) is 5. The van der Waals surface area contributed by atoms with Gasteiger partial charge in [-0.2, -0.15) is 0 Å². The smallest absolute Gasteiger partial charge is 0.240 e. The Morgan fingerprint density at radius 1 is 1.28 bits per heavy atom. The van der Waals surface area contributed by atoms with Crippen molar-refractivity contribution in [3.63, 3.8) is 0 Å². The molecule has 6 nitrogen and oxygen atoms in total. The summed E-state index contributed by atoms with van der Waals surface area (Å²) in [5, 5.41) is 5.76. The normalized spacial score (nSPS) is 14.4. The van der Waals surface area contributed by atoms with Crippen LogP contribution in [0.3, 0.4) is 0 Å². The van der Waals surface area contributed by atoms with E-state index in [-0.39, 0.29) is 16.8 Å². The molecule has 0 radical (unpaired) electrons. The van der Waals surface area contributed by atoms with Crippen LogP contribution in [0.5, 0.6) is 0 Å². The molecule has 1 fully saturated rings. The topological polar surface area (TPSA) is 88.2 Å². The number of aryl methyl sites for hydroxylation is 2. The first-order valence-electron chi connectivity index (χ1n) is 8.21. The molecule has 25 heavy (non-hydrogen) atoms. The highest BCUT2D eigenvalue weighted by Crippen LogP contribution is 2.22. The summed E-state index contributed by atoms with van der Waals surface area (Å²) in [6.07, 6.45) is 2.74. The summed E-state index contributed by atoms with van der Waals surface area (Å²) in [4.78, 5) is 16.5. The van der Waals surface area contributed by atoms with Gasteiger partial charge < -0.3 is 5.32 Å². The predicted octanol–water partition coefficient (Wildman–Crippen LogP) is 2.14. The van der Waals surface area contributed by atoms with Crippen LogP contribution >= 0.6 is 11.3 Å². The van der Waals surface area contributed by atoms with Gasteiger partial charge in [0.25, 0.3) is 0 Å². The van der Waals surface area contributed by atoms with Crippen LogP contribution in [0.15, 0.2) is 34.5 Å². The summed E-state index contributed by atoms with van der Waals surface area (Å²) in [6.45, 7) is 2.37. The van der Waals surface area contributed by atoms with Crippen molar-refractivity contribution in [3.8, 4) is 0 Å². The van der Waals surface area contributed by atoms with Crippen molar-refractivity contribution >= 4 is 27.3 Å². The maximum atomic E-state index is 12.1. The highest BCUT2D eigenvalue weighted by molar-refractivity contribution is 7.89. The van der Waals surface area contributed by atoms with E-state index in [0.717, 1.165) is 29.1 Å². The number of rotatable bonds is 8. The van der Waals surface area contributed by atoms with E-state index in [2.05, 4.69) is 15.0 Å². The maximum absolute atomic E-state index is 12.1. The number of aromatic nitrogens is 1. The number of nitrogens with zero attached hydrogens (tertiary/aromatic N) is 1. The summed E-state index contributed by atoms with van der Waals surface area (Å²) in [6, 6.07) is 6.80. The van der Waals surface area contributed by atoms with Crippen LogP contribution in [0, 0.1) is 6.92 Å². The Balaban J connectivity index is 1.47. The second-order valence-corrected chi connectivity index (χ2v) is 8.95. The molecule has 8 heteroatoms. The van der Waals surface area contributed by atoms with Crippen LogP contribution in [0.25, 0.3) is 0 Å². The molecule has 2 aromatic rings. The van der Waals surface area contributed by atoms with Gasteiger partial charge in [0, 0.05) is 17.8 Å². The molecule has 0 unspecified atom stereocenters. The van der Waals surface area contributed by atoms with Crippen LogP contribution in [-0.4, -0.2) is 25.4 Å². The zero-order chi connectivity index (χ0) is 17.9. The molecule has 0 atom stereocenters. The van der Waals surface area contributed by atoms with Gasteiger partial charge in [-0.1, -0.05) is 12.1 Å². The lowest BCUT2D eigenvalue weighted by molar-refractivity contribution is -0.121. The van der Waals surface area contributed by atoms with Crippen molar-refractivity contribution in [2.24, 2.45) is 0 Å². The third kappa shape index (κ3) is 5.35. The molecule has 2 N–H and O–H groups in total. The van der Waals surface area contributed by atoms with Gasteiger partial charge in [-0.05, 0) is 43.9 Å². The van der Waals surface area contributed by atoms with Crippen molar-refractivity contribution in [2.45, 2.75) is 50.1 Å². The van der Waals surface area contributed by atoms with E-state index in [0.29, 0.717) is 19.4 Å². The first-order chi connectivity index (χ1) is 11.9. The van der Waals surface area contributed by atoms with E-state index < -0.39 is 10.0 Å². The number of hydrogen-bond donors (Lipinski definition) is 2. The minimum atomic E-state index is -3.42. The standard InChI is InChI=1S/C17H21N3O3S2/c1-12-19-15(11-24-12)10-18-17(21)9-4-13-2-7-16(8-3-13)25(22,23)20-14-5-6-14/h2-3,7-8,11,14,20H,4-6,9-10H2,1H3,(H,18,21). The second-order valence-electron chi connectivity index (χ2n) is 6.17. The molecule has 0 spiro atoms. The minimum Gasteiger partial charge on any atom is -0.350 e. The third-order valence-corrected chi connectivity index (χ3v) is 6.27. The molecule has 1 aromatic heterocycles. The van der Waals surface area contributed by atoms with Gasteiger partial charge in [-0.15, -0.1) is 11.3 Å². The molecule has 1 aliphatic rings. The lowest BCUT2D eigenvalue weighted by atomic mass is 10.1. The Morgan fingerprint density at radius 3 is 2.60 bits per heavy atom. The summed E-state index contributed by atoms with van der Waals surface area (Å²) in [5.74, 6) is -0.0437. The average Bonchev–Trinajstić information content (AvgIpc) is 3.29. The zero-order valence-corrected chi connectivity index (χ0v) is 15.6. The quantitative estimate of drug-likeness (QED) is 0.735. The van der Waals surface area contributed by atoms with Crippen LogP contribution in [-0.2, 0) is 27.8 Å². The fourth-order valence-electron chi connectivity index (χ4n) is 2.35. The van der Waals surface area contributed by atoms with E-state index in [4.69, 9.17) is 0 Å². The van der Waals surface area contributed by atoms with Crippen molar-refractivity contribution in [2.75, 3.05) is 0 Å². The Kier molecular flexibility index (Phi) is 5.51. The van der Waals surface area contributed by atoms with E-state index >= 15 is 0 Å². The number of amides is 1. The minimum absolute atomic E-state index is 0.0437. The van der Waals surface area contributed by atoms with Gasteiger partial charge in [0.2, 0.25) is 15.9 Å². The molecule has 1 amide bonds. The second kappa shape index (κ2) is 7.63. The molecular formula is C17H21N3O3S2. The van der Waals surface area contributed by atoms with E-state index in [9.17, 15) is 13.2 Å². The van der Waals surface area contributed by atoms with Gasteiger partial charge in [-0.25, -0.2) is 18.1 Å². The summed E-state index contributed by atoms with van der Waals surface area (Å²) < 4.78 is 26.9. The number of thiazole rings is 1. The Morgan fingerprint density at radius 2 is 2.00 bits per heavy atom. The highest BCUT2D eigenvalue weighted by atomic mass is 32.2. The third-order valence-electron chi connectivity index (χ3n) is 3.91. The molecule has 0 aliphatic heterocycles. The molecule has 0 bridgehead atoms.